The van der Waals surface area contributed by atoms with Crippen LogP contribution in [-0.2, 0) is 4.79 Å². The molecule has 1 aromatic rings. The number of hydrogen-bond donors (Lipinski definition) is 0. The van der Waals surface area contributed by atoms with Gasteiger partial charge in [-0.2, -0.15) is 4.99 Å². The molecule has 0 radical (unpaired) electrons. The van der Waals surface area contributed by atoms with Gasteiger partial charge in [-0.05, 0) is 34.1 Å². The zero-order chi connectivity index (χ0) is 8.27. The minimum atomic E-state index is 0.508. The second-order valence-electron chi connectivity index (χ2n) is 1.80. The monoisotopic (exact) mass is 231 g/mol. The van der Waals surface area contributed by atoms with E-state index in [1.807, 2.05) is 0 Å². The van der Waals surface area contributed by atoms with Crippen LogP contribution in [0.3, 0.4) is 0 Å². The van der Waals surface area contributed by atoms with Crippen molar-refractivity contribution in [3.05, 3.63) is 27.7 Å². The van der Waals surface area contributed by atoms with Gasteiger partial charge in [0, 0.05) is 4.47 Å². The summed E-state index contributed by atoms with van der Waals surface area (Å²) in [6.45, 7) is 0. The van der Waals surface area contributed by atoms with E-state index in [1.54, 1.807) is 18.2 Å². The largest absolute Gasteiger partial charge is 0.240 e. The van der Waals surface area contributed by atoms with Gasteiger partial charge in [0.15, 0.2) is 0 Å². The number of carbonyl (C=O) groups excluding carboxylic acids is 1. The maximum Gasteiger partial charge on any atom is 0.240 e. The van der Waals surface area contributed by atoms with E-state index in [2.05, 4.69) is 20.9 Å². The fraction of sp³-hybridized carbons (Fsp3) is 0. The third-order valence-electron chi connectivity index (χ3n) is 1.08. The Balaban J connectivity index is 3.14. The Hall–Kier alpha value is -0.630. The minimum absolute atomic E-state index is 0.508. The standard InChI is InChI=1S/C7H3BrClNO/c8-6-2-1-5(10-4-11)3-7(6)9/h1-3H. The van der Waals surface area contributed by atoms with E-state index < -0.39 is 0 Å². The summed E-state index contributed by atoms with van der Waals surface area (Å²) in [4.78, 5) is 13.2. The molecular formula is C7H3BrClNO. The van der Waals surface area contributed by atoms with Crippen molar-refractivity contribution >= 4 is 39.3 Å². The van der Waals surface area contributed by atoms with Gasteiger partial charge in [-0.25, -0.2) is 4.79 Å². The molecule has 0 aliphatic carbocycles. The van der Waals surface area contributed by atoms with Gasteiger partial charge in [0.25, 0.3) is 0 Å². The molecular weight excluding hydrogens is 229 g/mol. The second-order valence-corrected chi connectivity index (χ2v) is 3.06. The van der Waals surface area contributed by atoms with Gasteiger partial charge < -0.3 is 0 Å². The Kier molecular flexibility index (Phi) is 2.83. The molecule has 0 spiro atoms. The van der Waals surface area contributed by atoms with Crippen LogP contribution >= 0.6 is 27.5 Å². The molecule has 4 heteroatoms. The van der Waals surface area contributed by atoms with Crippen molar-refractivity contribution in [2.45, 2.75) is 0 Å². The molecule has 1 aromatic carbocycles. The highest BCUT2D eigenvalue weighted by atomic mass is 79.9. The van der Waals surface area contributed by atoms with Gasteiger partial charge in [-0.3, -0.25) is 0 Å². The number of hydrogen-bond acceptors (Lipinski definition) is 2. The highest BCUT2D eigenvalue weighted by Gasteiger charge is 1.96. The Bertz CT molecular complexity index is 320. The normalized spacial score (nSPS) is 8.91. The third-order valence-corrected chi connectivity index (χ3v) is 2.31. The maximum atomic E-state index is 9.82. The molecule has 0 N–H and O–H groups in total. The molecule has 0 aromatic heterocycles. The second kappa shape index (κ2) is 3.67. The fourth-order valence-corrected chi connectivity index (χ4v) is 1.03. The number of halogens is 2. The average Bonchev–Trinajstić information content (AvgIpc) is 1.98. The van der Waals surface area contributed by atoms with Gasteiger partial charge in [0.1, 0.15) is 0 Å². The molecule has 0 aliphatic heterocycles. The molecule has 0 aliphatic rings. The summed E-state index contributed by atoms with van der Waals surface area (Å²) >= 11 is 8.92. The van der Waals surface area contributed by atoms with Crippen LogP contribution in [0.25, 0.3) is 0 Å². The number of isocyanates is 1. The number of rotatable bonds is 1. The van der Waals surface area contributed by atoms with Gasteiger partial charge in [0.2, 0.25) is 6.08 Å². The van der Waals surface area contributed by atoms with Crippen molar-refractivity contribution in [3.8, 4) is 0 Å². The smallest absolute Gasteiger partial charge is 0.211 e. The lowest BCUT2D eigenvalue weighted by Gasteiger charge is -1.94. The van der Waals surface area contributed by atoms with Crippen molar-refractivity contribution in [2.24, 2.45) is 4.99 Å². The van der Waals surface area contributed by atoms with E-state index >= 15 is 0 Å². The molecule has 0 saturated carbocycles. The van der Waals surface area contributed by atoms with Crippen LogP contribution in [0.2, 0.25) is 5.02 Å². The summed E-state index contributed by atoms with van der Waals surface area (Å²) < 4.78 is 0.781. The topological polar surface area (TPSA) is 29.4 Å². The van der Waals surface area contributed by atoms with E-state index in [0.29, 0.717) is 10.7 Å². The van der Waals surface area contributed by atoms with E-state index in [9.17, 15) is 4.79 Å². The molecule has 0 saturated heterocycles. The van der Waals surface area contributed by atoms with Crippen LogP contribution in [0.4, 0.5) is 5.69 Å². The molecule has 11 heavy (non-hydrogen) atoms. The van der Waals surface area contributed by atoms with Gasteiger partial charge in [-0.1, -0.05) is 11.6 Å². The maximum absolute atomic E-state index is 9.82. The minimum Gasteiger partial charge on any atom is -0.211 e. The van der Waals surface area contributed by atoms with Gasteiger partial charge in [-0.15, -0.1) is 0 Å². The van der Waals surface area contributed by atoms with Gasteiger partial charge >= 0.3 is 0 Å². The zero-order valence-corrected chi connectivity index (χ0v) is 7.69. The van der Waals surface area contributed by atoms with Crippen LogP contribution in [0.15, 0.2) is 27.7 Å². The summed E-state index contributed by atoms with van der Waals surface area (Å²) in [5, 5.41) is 0.529. The average molecular weight is 232 g/mol. The number of nitrogens with zero attached hydrogens (tertiary/aromatic N) is 1. The lowest BCUT2D eigenvalue weighted by molar-refractivity contribution is 0.565. The first-order valence-corrected chi connectivity index (χ1v) is 3.94. The van der Waals surface area contributed by atoms with E-state index in [4.69, 9.17) is 11.6 Å². The number of aliphatic imine (C=N–C) groups is 1. The first kappa shape index (κ1) is 8.47. The van der Waals surface area contributed by atoms with E-state index in [0.717, 1.165) is 4.47 Å². The van der Waals surface area contributed by atoms with Crippen LogP contribution in [0.1, 0.15) is 0 Å². The molecule has 56 valence electrons. The fourth-order valence-electron chi connectivity index (χ4n) is 0.607. The third kappa shape index (κ3) is 2.15. The van der Waals surface area contributed by atoms with Gasteiger partial charge in [0.05, 0.1) is 10.7 Å². The van der Waals surface area contributed by atoms with Crippen LogP contribution in [-0.4, -0.2) is 6.08 Å². The molecule has 0 unspecified atom stereocenters. The predicted octanol–water partition coefficient (Wildman–Crippen LogP) is 3.07. The SMILES string of the molecule is O=C=Nc1ccc(Br)c(Cl)c1. The molecule has 0 amide bonds. The van der Waals surface area contributed by atoms with Crippen molar-refractivity contribution < 1.29 is 4.79 Å². The summed E-state index contributed by atoms with van der Waals surface area (Å²) in [5.41, 5.74) is 0.508. The molecule has 1 rings (SSSR count). The Morgan fingerprint density at radius 1 is 1.55 bits per heavy atom. The number of benzene rings is 1. The van der Waals surface area contributed by atoms with Crippen molar-refractivity contribution in [2.75, 3.05) is 0 Å². The predicted molar refractivity (Wildman–Crippen MR) is 46.9 cm³/mol. The van der Waals surface area contributed by atoms with Crippen molar-refractivity contribution in [1.29, 1.82) is 0 Å². The zero-order valence-electron chi connectivity index (χ0n) is 5.34. The highest BCUT2D eigenvalue weighted by Crippen LogP contribution is 2.26. The van der Waals surface area contributed by atoms with Crippen molar-refractivity contribution in [3.63, 3.8) is 0 Å². The van der Waals surface area contributed by atoms with E-state index in [1.165, 1.54) is 6.08 Å². The van der Waals surface area contributed by atoms with Crippen molar-refractivity contribution in [1.82, 2.24) is 0 Å². The Labute approximate surface area is 77.0 Å². The molecule has 0 atom stereocenters. The molecule has 2 nitrogen and oxygen atoms in total. The summed E-state index contributed by atoms with van der Waals surface area (Å²) in [5.74, 6) is 0. The molecule has 0 heterocycles. The van der Waals surface area contributed by atoms with Crippen LogP contribution in [0, 0.1) is 0 Å². The molecule has 0 bridgehead atoms. The first-order chi connectivity index (χ1) is 5.24. The lowest BCUT2D eigenvalue weighted by Crippen LogP contribution is -1.68. The van der Waals surface area contributed by atoms with Crippen LogP contribution < -0.4 is 0 Å². The quantitative estimate of drug-likeness (QED) is 0.540. The lowest BCUT2D eigenvalue weighted by atomic mass is 10.3. The highest BCUT2D eigenvalue weighted by molar-refractivity contribution is 9.10. The first-order valence-electron chi connectivity index (χ1n) is 2.77. The molecule has 0 fully saturated rings. The Morgan fingerprint density at radius 3 is 2.82 bits per heavy atom. The summed E-state index contributed by atoms with van der Waals surface area (Å²) in [6.07, 6.45) is 1.43. The van der Waals surface area contributed by atoms with Crippen LogP contribution in [0.5, 0.6) is 0 Å². The Morgan fingerprint density at radius 2 is 2.27 bits per heavy atom. The van der Waals surface area contributed by atoms with E-state index in [-0.39, 0.29) is 0 Å². The summed E-state index contributed by atoms with van der Waals surface area (Å²) in [7, 11) is 0. The summed E-state index contributed by atoms with van der Waals surface area (Å²) in [6, 6.07) is 4.97.